The summed E-state index contributed by atoms with van der Waals surface area (Å²) >= 11 is 0. The number of carbonyl (C=O) groups is 2. The number of aromatic nitrogens is 2. The van der Waals surface area contributed by atoms with Gasteiger partial charge in [0.15, 0.2) is 0 Å². The molecule has 13 heteroatoms. The van der Waals surface area contributed by atoms with Gasteiger partial charge in [-0.05, 0) is 87.8 Å². The van der Waals surface area contributed by atoms with E-state index in [1.807, 2.05) is 13.8 Å². The topological polar surface area (TPSA) is 103 Å². The first-order chi connectivity index (χ1) is 22.2. The van der Waals surface area contributed by atoms with Crippen molar-refractivity contribution >= 4 is 17.6 Å². The van der Waals surface area contributed by atoms with Crippen molar-refractivity contribution in [3.05, 3.63) is 74.1 Å². The fourth-order valence-electron chi connectivity index (χ4n) is 6.48. The van der Waals surface area contributed by atoms with Crippen LogP contribution in [-0.2, 0) is 29.4 Å². The third kappa shape index (κ3) is 6.70. The van der Waals surface area contributed by atoms with Crippen molar-refractivity contribution in [1.82, 2.24) is 14.9 Å². The number of esters is 1. The summed E-state index contributed by atoms with van der Waals surface area (Å²) in [6.07, 6.45) is -2.40. The summed E-state index contributed by atoms with van der Waals surface area (Å²) in [5.41, 5.74) is 3.12. The van der Waals surface area contributed by atoms with Crippen LogP contribution in [0.15, 0.2) is 29.1 Å². The van der Waals surface area contributed by atoms with Crippen molar-refractivity contribution in [3.8, 4) is 17.0 Å². The molecule has 0 radical (unpaired) electrons. The van der Waals surface area contributed by atoms with Gasteiger partial charge in [-0.3, -0.25) is 9.59 Å². The molecule has 1 fully saturated rings. The second-order valence-electron chi connectivity index (χ2n) is 12.1. The van der Waals surface area contributed by atoms with Crippen LogP contribution in [0.2, 0.25) is 0 Å². The summed E-state index contributed by atoms with van der Waals surface area (Å²) < 4.78 is 69.2. The average Bonchev–Trinajstić information content (AvgIpc) is 3.04. The Balaban J connectivity index is 1.45. The van der Waals surface area contributed by atoms with Crippen molar-refractivity contribution in [2.24, 2.45) is 7.05 Å². The van der Waals surface area contributed by atoms with E-state index in [9.17, 15) is 27.6 Å². The fourth-order valence-corrected chi connectivity index (χ4v) is 6.48. The van der Waals surface area contributed by atoms with E-state index in [2.05, 4.69) is 10.3 Å². The SMILES string of the molecule is COC(=O)[C@H](Cc1ccc(-c2nc(C)c(C)n(C)c2=O)c2c1CCCO2)NC(=O)c1c(C)cc(N2CCCC[C@@H]2C(F)(F)F)cc1F. The molecule has 1 N–H and O–H groups in total. The van der Waals surface area contributed by atoms with Gasteiger partial charge in [0.2, 0.25) is 0 Å². The second kappa shape index (κ2) is 13.4. The highest BCUT2D eigenvalue weighted by Crippen LogP contribution is 2.38. The first-order valence-corrected chi connectivity index (χ1v) is 15.6. The number of amides is 1. The maximum Gasteiger partial charge on any atom is 0.408 e. The minimum Gasteiger partial charge on any atom is -0.493 e. The van der Waals surface area contributed by atoms with Crippen molar-refractivity contribution in [1.29, 1.82) is 0 Å². The number of piperidine rings is 1. The summed E-state index contributed by atoms with van der Waals surface area (Å²) in [5, 5.41) is 2.58. The Labute approximate surface area is 269 Å². The number of alkyl halides is 3. The molecule has 3 heterocycles. The number of fused-ring (bicyclic) bond motifs is 1. The molecule has 1 aromatic heterocycles. The van der Waals surface area contributed by atoms with E-state index >= 15 is 4.39 Å². The van der Waals surface area contributed by atoms with E-state index < -0.39 is 36.0 Å². The number of benzene rings is 2. The fraction of sp³-hybridized carbons (Fsp3) is 0.471. The quantitative estimate of drug-likeness (QED) is 0.273. The molecule has 0 spiro atoms. The van der Waals surface area contributed by atoms with Crippen LogP contribution < -0.4 is 20.5 Å². The summed E-state index contributed by atoms with van der Waals surface area (Å²) in [5.74, 6) is -2.19. The number of hydrogen-bond acceptors (Lipinski definition) is 7. The van der Waals surface area contributed by atoms with Crippen molar-refractivity contribution in [2.45, 2.75) is 77.6 Å². The van der Waals surface area contributed by atoms with Crippen molar-refractivity contribution in [3.63, 3.8) is 0 Å². The van der Waals surface area contributed by atoms with Crippen LogP contribution in [0.1, 0.15) is 64.1 Å². The lowest BCUT2D eigenvalue weighted by atomic mass is 9.91. The zero-order chi connectivity index (χ0) is 34.2. The van der Waals surface area contributed by atoms with Gasteiger partial charge >= 0.3 is 12.1 Å². The molecule has 2 aromatic carbocycles. The number of ether oxygens (including phenoxy) is 2. The smallest absolute Gasteiger partial charge is 0.408 e. The highest BCUT2D eigenvalue weighted by molar-refractivity contribution is 5.98. The van der Waals surface area contributed by atoms with Gasteiger partial charge in [0.25, 0.3) is 11.5 Å². The zero-order valence-corrected chi connectivity index (χ0v) is 27.0. The van der Waals surface area contributed by atoms with Crippen LogP contribution in [0.5, 0.6) is 5.75 Å². The summed E-state index contributed by atoms with van der Waals surface area (Å²) in [7, 11) is 2.84. The average molecular weight is 659 g/mol. The van der Waals surface area contributed by atoms with Crippen molar-refractivity contribution in [2.75, 3.05) is 25.2 Å². The van der Waals surface area contributed by atoms with Gasteiger partial charge in [0.05, 0.1) is 25.0 Å². The Morgan fingerprint density at radius 3 is 2.57 bits per heavy atom. The molecule has 0 unspecified atom stereocenters. The minimum absolute atomic E-state index is 0.0253. The standard InChI is InChI=1S/C34H38F4N4O5/c1-18-15-22(42-13-7-6-10-27(42)34(36,37)38)17-25(35)28(18)31(43)40-26(33(45)46-5)16-21-11-12-24(30-23(21)9-8-14-47-30)29-32(44)41(4)20(3)19(2)39-29/h11-12,15,17,26-27H,6-10,13-14,16H2,1-5H3,(H,40,43)/t26-,27+/m0/s1. The number of nitrogens with one attached hydrogen (secondary N) is 1. The van der Waals surface area contributed by atoms with Gasteiger partial charge in [0, 0.05) is 37.0 Å². The van der Waals surface area contributed by atoms with Gasteiger partial charge in [-0.25, -0.2) is 14.2 Å². The van der Waals surface area contributed by atoms with Crippen molar-refractivity contribution < 1.29 is 36.6 Å². The van der Waals surface area contributed by atoms with Crippen LogP contribution in [0, 0.1) is 26.6 Å². The second-order valence-corrected chi connectivity index (χ2v) is 12.1. The highest BCUT2D eigenvalue weighted by atomic mass is 19.4. The Morgan fingerprint density at radius 1 is 1.15 bits per heavy atom. The van der Waals surface area contributed by atoms with Crippen LogP contribution in [0.3, 0.4) is 0 Å². The molecule has 5 rings (SSSR count). The van der Waals surface area contributed by atoms with Crippen LogP contribution in [-0.4, -0.2) is 59.9 Å². The van der Waals surface area contributed by atoms with E-state index in [1.165, 1.54) is 24.7 Å². The number of anilines is 1. The number of rotatable bonds is 7. The molecule has 0 saturated carbocycles. The van der Waals surface area contributed by atoms with Gasteiger partial charge < -0.3 is 24.3 Å². The summed E-state index contributed by atoms with van der Waals surface area (Å²) in [4.78, 5) is 45.2. The molecule has 3 aromatic rings. The molecule has 2 atom stereocenters. The highest BCUT2D eigenvalue weighted by Gasteiger charge is 2.45. The molecular weight excluding hydrogens is 620 g/mol. The molecule has 9 nitrogen and oxygen atoms in total. The number of halogens is 4. The number of nitrogens with zero attached hydrogens (tertiary/aromatic N) is 3. The largest absolute Gasteiger partial charge is 0.493 e. The number of hydrogen-bond donors (Lipinski definition) is 1. The lowest BCUT2D eigenvalue weighted by Crippen LogP contribution is -2.49. The maximum atomic E-state index is 15.5. The Bertz CT molecular complexity index is 1750. The molecule has 252 valence electrons. The Kier molecular flexibility index (Phi) is 9.65. The Hall–Kier alpha value is -4.42. The lowest BCUT2D eigenvalue weighted by Gasteiger charge is -2.38. The Morgan fingerprint density at radius 2 is 1.89 bits per heavy atom. The van der Waals surface area contributed by atoms with Crippen LogP contribution in [0.4, 0.5) is 23.2 Å². The minimum atomic E-state index is -4.48. The van der Waals surface area contributed by atoms with E-state index in [-0.39, 0.29) is 47.5 Å². The number of methoxy groups -OCH3 is 1. The van der Waals surface area contributed by atoms with E-state index in [0.717, 1.165) is 22.2 Å². The molecule has 47 heavy (non-hydrogen) atoms. The number of carbonyl (C=O) groups excluding carboxylic acids is 2. The normalized spacial score (nSPS) is 17.0. The van der Waals surface area contributed by atoms with Gasteiger partial charge in [-0.1, -0.05) is 6.07 Å². The van der Waals surface area contributed by atoms with Gasteiger partial charge in [-0.15, -0.1) is 0 Å². The zero-order valence-electron chi connectivity index (χ0n) is 27.0. The number of aryl methyl sites for hydroxylation is 2. The molecule has 1 saturated heterocycles. The maximum absolute atomic E-state index is 15.5. The van der Waals surface area contributed by atoms with Gasteiger partial charge in [0.1, 0.15) is 29.3 Å². The van der Waals surface area contributed by atoms with E-state index in [4.69, 9.17) is 9.47 Å². The van der Waals surface area contributed by atoms with Crippen LogP contribution in [0.25, 0.3) is 11.3 Å². The summed E-state index contributed by atoms with van der Waals surface area (Å²) in [6, 6.07) is 2.78. The van der Waals surface area contributed by atoms with E-state index in [1.54, 1.807) is 19.2 Å². The van der Waals surface area contributed by atoms with E-state index in [0.29, 0.717) is 54.9 Å². The molecule has 0 bridgehead atoms. The predicted molar refractivity (Wildman–Crippen MR) is 167 cm³/mol. The van der Waals surface area contributed by atoms with Gasteiger partial charge in [-0.2, -0.15) is 13.2 Å². The van der Waals surface area contributed by atoms with Crippen LogP contribution >= 0.6 is 0 Å². The summed E-state index contributed by atoms with van der Waals surface area (Å²) in [6.45, 7) is 5.60. The molecule has 1 amide bonds. The first kappa shape index (κ1) is 33.9. The third-order valence-corrected chi connectivity index (χ3v) is 9.17. The lowest BCUT2D eigenvalue weighted by molar-refractivity contribution is -0.152. The predicted octanol–water partition coefficient (Wildman–Crippen LogP) is 5.27. The molecule has 2 aliphatic heterocycles. The molecular formula is C34H38F4N4O5. The molecule has 0 aliphatic carbocycles. The third-order valence-electron chi connectivity index (χ3n) is 9.17. The monoisotopic (exact) mass is 658 g/mol. The first-order valence-electron chi connectivity index (χ1n) is 15.6. The molecule has 2 aliphatic rings.